The van der Waals surface area contributed by atoms with Crippen molar-refractivity contribution in [2.24, 2.45) is 0 Å². The molecule has 21 heavy (non-hydrogen) atoms. The normalized spacial score (nSPS) is 10.3. The summed E-state index contributed by atoms with van der Waals surface area (Å²) in [5.41, 5.74) is 1.20. The Hall–Kier alpha value is -2.63. The predicted octanol–water partition coefficient (Wildman–Crippen LogP) is 1.56. The van der Waals surface area contributed by atoms with Gasteiger partial charge in [0, 0.05) is 18.4 Å². The molecular formula is C15H17N3O3. The molecule has 0 saturated heterocycles. The first-order valence-corrected chi connectivity index (χ1v) is 6.69. The molecule has 0 fully saturated rings. The Kier molecular flexibility index (Phi) is 4.71. The number of amides is 1. The fourth-order valence-electron chi connectivity index (χ4n) is 1.99. The smallest absolute Gasteiger partial charge is 0.323 e. The van der Waals surface area contributed by atoms with E-state index in [1.54, 1.807) is 41.2 Å². The molecule has 0 aliphatic carbocycles. The molecule has 1 N–H and O–H groups in total. The van der Waals surface area contributed by atoms with E-state index < -0.39 is 5.97 Å². The number of rotatable bonds is 6. The highest BCUT2D eigenvalue weighted by atomic mass is 16.4. The molecule has 1 amide bonds. The first kappa shape index (κ1) is 14.8. The third-order valence-electron chi connectivity index (χ3n) is 3.01. The number of carbonyl (C=O) groups is 2. The van der Waals surface area contributed by atoms with Crippen molar-refractivity contribution < 1.29 is 14.7 Å². The number of para-hydroxylation sites is 1. The molecule has 1 aromatic heterocycles. The lowest BCUT2D eigenvalue weighted by atomic mass is 10.2. The highest BCUT2D eigenvalue weighted by Gasteiger charge is 2.19. The number of benzene rings is 1. The minimum atomic E-state index is -1.05. The fourth-order valence-corrected chi connectivity index (χ4v) is 1.99. The van der Waals surface area contributed by atoms with Crippen molar-refractivity contribution in [3.05, 3.63) is 48.3 Å². The Morgan fingerprint density at radius 1 is 1.24 bits per heavy atom. The number of nitrogens with zero attached hydrogens (tertiary/aromatic N) is 3. The number of hydrogen-bond acceptors (Lipinski definition) is 3. The molecule has 2 rings (SSSR count). The van der Waals surface area contributed by atoms with Crippen LogP contribution in [0.5, 0.6) is 0 Å². The summed E-state index contributed by atoms with van der Waals surface area (Å²) in [4.78, 5) is 24.6. The number of carbonyl (C=O) groups excluding carboxylic acids is 1. The van der Waals surface area contributed by atoms with Crippen LogP contribution in [-0.4, -0.2) is 33.3 Å². The average Bonchev–Trinajstić information content (AvgIpc) is 2.93. The van der Waals surface area contributed by atoms with Gasteiger partial charge in [-0.1, -0.05) is 18.2 Å². The molecule has 2 aromatic rings. The Balaban J connectivity index is 2.16. The number of aryl methyl sites for hydroxylation is 1. The number of anilines is 1. The molecular weight excluding hydrogens is 270 g/mol. The molecule has 0 saturated carbocycles. The van der Waals surface area contributed by atoms with Crippen LogP contribution < -0.4 is 4.90 Å². The molecule has 6 heteroatoms. The van der Waals surface area contributed by atoms with Crippen LogP contribution in [0.2, 0.25) is 0 Å². The molecule has 0 aliphatic heterocycles. The number of aromatic nitrogens is 2. The monoisotopic (exact) mass is 287 g/mol. The van der Waals surface area contributed by atoms with E-state index in [0.717, 1.165) is 6.54 Å². The van der Waals surface area contributed by atoms with Gasteiger partial charge < -0.3 is 10.0 Å². The highest BCUT2D eigenvalue weighted by Crippen LogP contribution is 2.14. The molecule has 0 bridgehead atoms. The average molecular weight is 287 g/mol. The van der Waals surface area contributed by atoms with Crippen molar-refractivity contribution in [3.63, 3.8) is 0 Å². The van der Waals surface area contributed by atoms with E-state index in [1.165, 1.54) is 4.90 Å². The lowest BCUT2D eigenvalue weighted by Gasteiger charge is -2.20. The van der Waals surface area contributed by atoms with E-state index >= 15 is 0 Å². The number of carboxylic acid groups (broad SMARTS) is 1. The zero-order chi connectivity index (χ0) is 15.2. The molecule has 1 heterocycles. The standard InChI is InChI=1S/C15H17N3O3/c1-2-17-9-8-12(16-17)10-14(19)18(11-15(20)21)13-6-4-3-5-7-13/h3-9H,2,10-11H2,1H3,(H,20,21). The molecule has 0 unspecified atom stereocenters. The second-order valence-corrected chi connectivity index (χ2v) is 4.55. The fraction of sp³-hybridized carbons (Fsp3) is 0.267. The summed E-state index contributed by atoms with van der Waals surface area (Å²) in [7, 11) is 0. The molecule has 0 aliphatic rings. The van der Waals surface area contributed by atoms with Gasteiger partial charge in [-0.3, -0.25) is 14.3 Å². The Morgan fingerprint density at radius 2 is 1.95 bits per heavy atom. The molecule has 0 atom stereocenters. The van der Waals surface area contributed by atoms with E-state index in [2.05, 4.69) is 5.10 Å². The first-order valence-electron chi connectivity index (χ1n) is 6.69. The Bertz CT molecular complexity index is 622. The SMILES string of the molecule is CCn1ccc(CC(=O)N(CC(=O)O)c2ccccc2)n1. The van der Waals surface area contributed by atoms with Gasteiger partial charge in [-0.05, 0) is 25.1 Å². The summed E-state index contributed by atoms with van der Waals surface area (Å²) >= 11 is 0. The van der Waals surface area contributed by atoms with Crippen LogP contribution in [0.15, 0.2) is 42.6 Å². The topological polar surface area (TPSA) is 75.4 Å². The van der Waals surface area contributed by atoms with Crippen LogP contribution in [0.3, 0.4) is 0 Å². The first-order chi connectivity index (χ1) is 10.1. The minimum Gasteiger partial charge on any atom is -0.480 e. The van der Waals surface area contributed by atoms with Crippen molar-refractivity contribution in [3.8, 4) is 0 Å². The van der Waals surface area contributed by atoms with Crippen LogP contribution in [0.1, 0.15) is 12.6 Å². The van der Waals surface area contributed by atoms with Crippen LogP contribution in [0.25, 0.3) is 0 Å². The number of hydrogen-bond donors (Lipinski definition) is 1. The van der Waals surface area contributed by atoms with E-state index in [1.807, 2.05) is 13.0 Å². The maximum absolute atomic E-state index is 12.4. The largest absolute Gasteiger partial charge is 0.480 e. The summed E-state index contributed by atoms with van der Waals surface area (Å²) in [6.07, 6.45) is 1.88. The van der Waals surface area contributed by atoms with Gasteiger partial charge >= 0.3 is 5.97 Å². The maximum Gasteiger partial charge on any atom is 0.323 e. The summed E-state index contributed by atoms with van der Waals surface area (Å²) < 4.78 is 1.73. The zero-order valence-corrected chi connectivity index (χ0v) is 11.8. The second-order valence-electron chi connectivity index (χ2n) is 4.55. The predicted molar refractivity (Wildman–Crippen MR) is 78.0 cm³/mol. The molecule has 0 radical (unpaired) electrons. The minimum absolute atomic E-state index is 0.0785. The van der Waals surface area contributed by atoms with Crippen LogP contribution in [0.4, 0.5) is 5.69 Å². The van der Waals surface area contributed by atoms with Gasteiger partial charge in [0.25, 0.3) is 0 Å². The van der Waals surface area contributed by atoms with Crippen LogP contribution in [0, 0.1) is 0 Å². The Labute approximate surface area is 122 Å². The molecule has 110 valence electrons. The summed E-state index contributed by atoms with van der Waals surface area (Å²) in [5, 5.41) is 13.2. The van der Waals surface area contributed by atoms with Crippen molar-refractivity contribution >= 4 is 17.6 Å². The van der Waals surface area contributed by atoms with Gasteiger partial charge in [-0.2, -0.15) is 5.10 Å². The molecule has 6 nitrogen and oxygen atoms in total. The van der Waals surface area contributed by atoms with Gasteiger partial charge in [-0.15, -0.1) is 0 Å². The van der Waals surface area contributed by atoms with E-state index in [0.29, 0.717) is 11.4 Å². The second kappa shape index (κ2) is 6.69. The summed E-state index contributed by atoms with van der Waals surface area (Å²) in [5.74, 6) is -1.34. The van der Waals surface area contributed by atoms with Gasteiger partial charge in [0.15, 0.2) is 0 Å². The third-order valence-corrected chi connectivity index (χ3v) is 3.01. The van der Waals surface area contributed by atoms with E-state index in [9.17, 15) is 9.59 Å². The van der Waals surface area contributed by atoms with Crippen LogP contribution >= 0.6 is 0 Å². The lowest BCUT2D eigenvalue weighted by molar-refractivity contribution is -0.136. The number of aliphatic carboxylic acids is 1. The summed E-state index contributed by atoms with van der Waals surface area (Å²) in [6.45, 7) is 2.32. The Morgan fingerprint density at radius 3 is 2.52 bits per heavy atom. The van der Waals surface area contributed by atoms with Crippen molar-refractivity contribution in [2.45, 2.75) is 19.9 Å². The zero-order valence-electron chi connectivity index (χ0n) is 11.8. The van der Waals surface area contributed by atoms with Crippen molar-refractivity contribution in [2.75, 3.05) is 11.4 Å². The van der Waals surface area contributed by atoms with E-state index in [4.69, 9.17) is 5.11 Å². The van der Waals surface area contributed by atoms with Gasteiger partial charge in [0.05, 0.1) is 12.1 Å². The highest BCUT2D eigenvalue weighted by molar-refractivity contribution is 5.98. The van der Waals surface area contributed by atoms with Crippen LogP contribution in [-0.2, 0) is 22.6 Å². The molecule has 1 aromatic carbocycles. The summed E-state index contributed by atoms with van der Waals surface area (Å²) in [6, 6.07) is 10.5. The maximum atomic E-state index is 12.4. The number of carboxylic acids is 1. The van der Waals surface area contributed by atoms with Gasteiger partial charge in [-0.25, -0.2) is 0 Å². The quantitative estimate of drug-likeness (QED) is 0.875. The van der Waals surface area contributed by atoms with Gasteiger partial charge in [0.2, 0.25) is 5.91 Å². The third kappa shape index (κ3) is 3.92. The lowest BCUT2D eigenvalue weighted by Crippen LogP contribution is -2.36. The van der Waals surface area contributed by atoms with E-state index in [-0.39, 0.29) is 18.9 Å². The molecule has 0 spiro atoms. The van der Waals surface area contributed by atoms with Crippen molar-refractivity contribution in [1.82, 2.24) is 9.78 Å². The van der Waals surface area contributed by atoms with Crippen molar-refractivity contribution in [1.29, 1.82) is 0 Å². The van der Waals surface area contributed by atoms with Gasteiger partial charge in [0.1, 0.15) is 6.54 Å².